The molecular weight excluding hydrogens is 416 g/mol. The van der Waals surface area contributed by atoms with Crippen molar-refractivity contribution in [3.63, 3.8) is 0 Å². The third-order valence-electron chi connectivity index (χ3n) is 5.51. The Balaban J connectivity index is 1.62. The molecule has 0 fully saturated rings. The first-order chi connectivity index (χ1) is 16.1. The van der Waals surface area contributed by atoms with E-state index in [0.29, 0.717) is 38.8 Å². The number of methoxy groups -OCH3 is 2. The Morgan fingerprint density at radius 1 is 0.788 bits per heavy atom. The third kappa shape index (κ3) is 9.56. The molecule has 0 atom stereocenters. The number of hydrogen-bond donors (Lipinski definition) is 2. The van der Waals surface area contributed by atoms with Gasteiger partial charge in [-0.15, -0.1) is 0 Å². The second-order valence-corrected chi connectivity index (χ2v) is 8.13. The smallest absolute Gasteiger partial charge is 0.220 e. The molecule has 0 saturated carbocycles. The lowest BCUT2D eigenvalue weighted by molar-refractivity contribution is -0.123. The van der Waals surface area contributed by atoms with Crippen molar-refractivity contribution in [2.45, 2.75) is 58.3 Å². The van der Waals surface area contributed by atoms with Gasteiger partial charge in [-0.05, 0) is 54.9 Å². The van der Waals surface area contributed by atoms with Crippen molar-refractivity contribution in [2.24, 2.45) is 0 Å². The second kappa shape index (κ2) is 14.9. The molecule has 2 N–H and O–H groups in total. The van der Waals surface area contributed by atoms with E-state index in [4.69, 9.17) is 9.47 Å². The van der Waals surface area contributed by atoms with Crippen LogP contribution in [0.3, 0.4) is 0 Å². The number of benzene rings is 2. The van der Waals surface area contributed by atoms with Crippen molar-refractivity contribution in [1.82, 2.24) is 10.6 Å². The highest BCUT2D eigenvalue weighted by molar-refractivity contribution is 5.77. The molecular formula is C27H38N2O4. The molecule has 0 aliphatic rings. The number of carbonyl (C=O) groups is 2. The average molecular weight is 455 g/mol. The van der Waals surface area contributed by atoms with E-state index < -0.39 is 0 Å². The predicted molar refractivity (Wildman–Crippen MR) is 132 cm³/mol. The van der Waals surface area contributed by atoms with Crippen LogP contribution in [0.2, 0.25) is 0 Å². The Kier molecular flexibility index (Phi) is 11.9. The topological polar surface area (TPSA) is 76.7 Å². The summed E-state index contributed by atoms with van der Waals surface area (Å²) < 4.78 is 11.0. The number of unbranched alkanes of at least 4 members (excludes halogenated alkanes) is 1. The Bertz CT molecular complexity index is 868. The number of amides is 2. The summed E-state index contributed by atoms with van der Waals surface area (Å²) >= 11 is 0. The number of nitrogens with one attached hydrogen (secondary N) is 2. The van der Waals surface area contributed by atoms with Gasteiger partial charge in [0.15, 0.2) is 11.5 Å². The number of hydrogen-bond acceptors (Lipinski definition) is 4. The van der Waals surface area contributed by atoms with Crippen LogP contribution in [0.5, 0.6) is 11.5 Å². The lowest BCUT2D eigenvalue weighted by Gasteiger charge is -2.15. The highest BCUT2D eigenvalue weighted by Gasteiger charge is 2.12. The zero-order chi connectivity index (χ0) is 23.9. The molecule has 0 heterocycles. The normalized spacial score (nSPS) is 10.5. The lowest BCUT2D eigenvalue weighted by atomic mass is 10.0. The molecule has 2 aromatic carbocycles. The van der Waals surface area contributed by atoms with E-state index in [1.165, 1.54) is 5.56 Å². The van der Waals surface area contributed by atoms with Gasteiger partial charge < -0.3 is 20.1 Å². The monoisotopic (exact) mass is 454 g/mol. The van der Waals surface area contributed by atoms with E-state index in [-0.39, 0.29) is 11.8 Å². The van der Waals surface area contributed by atoms with Crippen molar-refractivity contribution in [3.05, 3.63) is 59.2 Å². The first-order valence-electron chi connectivity index (χ1n) is 11.9. The van der Waals surface area contributed by atoms with Gasteiger partial charge in [0, 0.05) is 25.9 Å². The maximum Gasteiger partial charge on any atom is 0.220 e. The summed E-state index contributed by atoms with van der Waals surface area (Å²) in [5.74, 6) is 1.58. The molecule has 6 heteroatoms. The van der Waals surface area contributed by atoms with Crippen LogP contribution in [0.1, 0.15) is 55.7 Å². The summed E-state index contributed by atoms with van der Waals surface area (Å²) in [7, 11) is 3.30. The fraction of sp³-hybridized carbons (Fsp3) is 0.481. The number of rotatable bonds is 15. The maximum absolute atomic E-state index is 12.1. The minimum Gasteiger partial charge on any atom is -0.493 e. The highest BCUT2D eigenvalue weighted by atomic mass is 16.5. The van der Waals surface area contributed by atoms with Gasteiger partial charge in [-0.2, -0.15) is 0 Å². The van der Waals surface area contributed by atoms with Gasteiger partial charge in [0.2, 0.25) is 11.8 Å². The van der Waals surface area contributed by atoms with Gasteiger partial charge in [-0.3, -0.25) is 9.59 Å². The van der Waals surface area contributed by atoms with Gasteiger partial charge in [0.1, 0.15) is 0 Å². The van der Waals surface area contributed by atoms with Crippen molar-refractivity contribution in [3.8, 4) is 11.5 Å². The zero-order valence-corrected chi connectivity index (χ0v) is 20.2. The summed E-state index contributed by atoms with van der Waals surface area (Å²) in [6.45, 7) is 3.34. The fourth-order valence-electron chi connectivity index (χ4n) is 3.79. The molecule has 0 aliphatic heterocycles. The summed E-state index contributed by atoms with van der Waals surface area (Å²) in [6.07, 6.45) is 5.79. The van der Waals surface area contributed by atoms with Gasteiger partial charge in [0.25, 0.3) is 0 Å². The molecule has 180 valence electrons. The van der Waals surface area contributed by atoms with Crippen LogP contribution in [-0.2, 0) is 28.9 Å². The third-order valence-corrected chi connectivity index (χ3v) is 5.51. The molecule has 2 amide bonds. The second-order valence-electron chi connectivity index (χ2n) is 8.13. The molecule has 0 bridgehead atoms. The van der Waals surface area contributed by atoms with Crippen LogP contribution >= 0.6 is 0 Å². The summed E-state index contributed by atoms with van der Waals surface area (Å²) in [6, 6.07) is 14.2. The van der Waals surface area contributed by atoms with Gasteiger partial charge in [0.05, 0.1) is 14.2 Å². The van der Waals surface area contributed by atoms with Crippen LogP contribution in [0.4, 0.5) is 0 Å². The van der Waals surface area contributed by atoms with E-state index in [2.05, 4.69) is 35.8 Å². The molecule has 0 saturated heterocycles. The highest BCUT2D eigenvalue weighted by Crippen LogP contribution is 2.33. The number of ether oxygens (including phenoxy) is 2. The predicted octanol–water partition coefficient (Wildman–Crippen LogP) is 4.23. The first-order valence-corrected chi connectivity index (χ1v) is 11.9. The molecule has 0 aromatic heterocycles. The fourth-order valence-corrected chi connectivity index (χ4v) is 3.79. The molecule has 2 rings (SSSR count). The quantitative estimate of drug-likeness (QED) is 0.395. The van der Waals surface area contributed by atoms with Crippen molar-refractivity contribution in [1.29, 1.82) is 0 Å². The lowest BCUT2D eigenvalue weighted by Crippen LogP contribution is -2.26. The molecule has 2 aromatic rings. The molecule has 33 heavy (non-hydrogen) atoms. The largest absolute Gasteiger partial charge is 0.493 e. The Morgan fingerprint density at radius 3 is 1.94 bits per heavy atom. The van der Waals surface area contributed by atoms with Crippen LogP contribution in [0.15, 0.2) is 42.5 Å². The molecule has 0 aliphatic carbocycles. The van der Waals surface area contributed by atoms with E-state index >= 15 is 0 Å². The Hall–Kier alpha value is -3.02. The van der Waals surface area contributed by atoms with E-state index in [9.17, 15) is 9.59 Å². The Morgan fingerprint density at radius 2 is 1.39 bits per heavy atom. The summed E-state index contributed by atoms with van der Waals surface area (Å²) in [4.78, 5) is 24.1. The Labute approximate surface area is 198 Å². The van der Waals surface area contributed by atoms with Crippen LogP contribution < -0.4 is 20.1 Å². The summed E-state index contributed by atoms with van der Waals surface area (Å²) in [5.41, 5.74) is 3.45. The van der Waals surface area contributed by atoms with Gasteiger partial charge in [-0.1, -0.05) is 49.7 Å². The maximum atomic E-state index is 12.1. The van der Waals surface area contributed by atoms with Gasteiger partial charge in [-0.25, -0.2) is 0 Å². The van der Waals surface area contributed by atoms with Crippen molar-refractivity contribution < 1.29 is 19.1 Å². The molecule has 0 unspecified atom stereocenters. The zero-order valence-electron chi connectivity index (χ0n) is 20.2. The minimum absolute atomic E-state index is 0.0220. The van der Waals surface area contributed by atoms with Crippen LogP contribution in [0, 0.1) is 0 Å². The summed E-state index contributed by atoms with van der Waals surface area (Å²) in [5, 5.41) is 5.92. The average Bonchev–Trinajstić information content (AvgIpc) is 2.82. The van der Waals surface area contributed by atoms with Crippen LogP contribution in [0.25, 0.3) is 0 Å². The first kappa shape index (κ1) is 26.2. The number of aryl methyl sites for hydroxylation is 1. The molecule has 0 radical (unpaired) electrons. The van der Waals surface area contributed by atoms with E-state index in [0.717, 1.165) is 48.3 Å². The minimum atomic E-state index is 0.0220. The van der Waals surface area contributed by atoms with Crippen molar-refractivity contribution in [2.75, 3.05) is 27.3 Å². The SMILES string of the molecule is CCCc1cc(CCNC(=O)CCCCC(=O)NCCc2ccccc2)cc(OC)c1OC. The molecule has 0 spiro atoms. The standard InChI is InChI=1S/C27H38N2O4/c1-4-10-23-19-22(20-24(32-2)27(23)33-3)16-18-29-26(31)14-9-8-13-25(30)28-17-15-21-11-6-5-7-12-21/h5-7,11-12,19-20H,4,8-10,13-18H2,1-3H3,(H,28,30)(H,29,31). The van der Waals surface area contributed by atoms with E-state index in [1.54, 1.807) is 14.2 Å². The number of carbonyl (C=O) groups excluding carboxylic acids is 2. The van der Waals surface area contributed by atoms with Gasteiger partial charge >= 0.3 is 0 Å². The van der Waals surface area contributed by atoms with Crippen LogP contribution in [-0.4, -0.2) is 39.1 Å². The van der Waals surface area contributed by atoms with E-state index in [1.807, 2.05) is 24.3 Å². The molecule has 6 nitrogen and oxygen atoms in total. The van der Waals surface area contributed by atoms with Crippen molar-refractivity contribution >= 4 is 11.8 Å².